The first-order valence-corrected chi connectivity index (χ1v) is 5.75. The number of hydrogen-bond donors (Lipinski definition) is 0. The molecule has 1 saturated heterocycles. The van der Waals surface area contributed by atoms with Crippen LogP contribution >= 0.6 is 0 Å². The third-order valence-electron chi connectivity index (χ3n) is 2.97. The molecule has 0 unspecified atom stereocenters. The molecule has 0 bridgehead atoms. The van der Waals surface area contributed by atoms with Gasteiger partial charge in [-0.1, -0.05) is 6.07 Å². The molecule has 0 N–H and O–H groups in total. The molecule has 1 heterocycles. The molecule has 1 aliphatic heterocycles. The van der Waals surface area contributed by atoms with Crippen molar-refractivity contribution in [1.82, 2.24) is 4.90 Å². The van der Waals surface area contributed by atoms with Crippen LogP contribution < -0.4 is 4.90 Å². The number of carbonyl (C=O) groups excluding carboxylic acids is 3. The van der Waals surface area contributed by atoms with E-state index in [0.717, 1.165) is 0 Å². The average Bonchev–Trinajstić information content (AvgIpc) is 2.42. The molecule has 1 aromatic rings. The summed E-state index contributed by atoms with van der Waals surface area (Å²) in [6.07, 6.45) is 0. The molecule has 100 valence electrons. The first-order valence-electron chi connectivity index (χ1n) is 5.75. The smallest absolute Gasteiger partial charge is 0.337 e. The summed E-state index contributed by atoms with van der Waals surface area (Å²) in [5.74, 6) is -0.790. The van der Waals surface area contributed by atoms with Gasteiger partial charge in [0.15, 0.2) is 0 Å². The summed E-state index contributed by atoms with van der Waals surface area (Å²) in [5, 5.41) is 0. The minimum atomic E-state index is -0.477. The van der Waals surface area contributed by atoms with Gasteiger partial charge in [-0.05, 0) is 18.2 Å². The predicted octanol–water partition coefficient (Wildman–Crippen LogP) is 0.278. The summed E-state index contributed by atoms with van der Waals surface area (Å²) < 4.78 is 4.63. The highest BCUT2D eigenvalue weighted by Crippen LogP contribution is 2.19. The normalized spacial score (nSPS) is 15.7. The Morgan fingerprint density at radius 1 is 1.21 bits per heavy atom. The van der Waals surface area contributed by atoms with Gasteiger partial charge >= 0.3 is 5.97 Å². The molecular weight excluding hydrogens is 248 g/mol. The van der Waals surface area contributed by atoms with Crippen LogP contribution in [0.2, 0.25) is 0 Å². The van der Waals surface area contributed by atoms with Crippen LogP contribution in [0.25, 0.3) is 0 Å². The van der Waals surface area contributed by atoms with Crippen LogP contribution in [0, 0.1) is 0 Å². The van der Waals surface area contributed by atoms with Gasteiger partial charge in [-0.2, -0.15) is 0 Å². The molecule has 0 radical (unpaired) electrons. The molecule has 0 atom stereocenters. The number of ether oxygens (including phenoxy) is 1. The second-order valence-electron chi connectivity index (χ2n) is 4.27. The van der Waals surface area contributed by atoms with Crippen molar-refractivity contribution in [3.05, 3.63) is 29.8 Å². The van der Waals surface area contributed by atoms with Gasteiger partial charge < -0.3 is 14.5 Å². The minimum Gasteiger partial charge on any atom is -0.465 e. The van der Waals surface area contributed by atoms with Gasteiger partial charge in [0.25, 0.3) is 0 Å². The number of piperazine rings is 1. The zero-order valence-electron chi connectivity index (χ0n) is 10.8. The molecule has 2 rings (SSSR count). The van der Waals surface area contributed by atoms with Crippen LogP contribution in [-0.4, -0.2) is 49.9 Å². The fraction of sp³-hybridized carbons (Fsp3) is 0.308. The molecule has 1 aliphatic rings. The number of likely N-dealkylation sites (N-methyl/N-ethyl adjacent to an activating group) is 1. The maximum absolute atomic E-state index is 11.9. The lowest BCUT2D eigenvalue weighted by Crippen LogP contribution is -2.52. The molecule has 0 spiro atoms. The fourth-order valence-corrected chi connectivity index (χ4v) is 1.87. The minimum absolute atomic E-state index is 0.0139. The third-order valence-corrected chi connectivity index (χ3v) is 2.97. The van der Waals surface area contributed by atoms with E-state index in [9.17, 15) is 14.4 Å². The van der Waals surface area contributed by atoms with Crippen molar-refractivity contribution in [2.24, 2.45) is 0 Å². The fourth-order valence-electron chi connectivity index (χ4n) is 1.87. The first kappa shape index (κ1) is 13.1. The highest BCUT2D eigenvalue weighted by Gasteiger charge is 2.28. The van der Waals surface area contributed by atoms with Crippen LogP contribution in [0.1, 0.15) is 10.4 Å². The lowest BCUT2D eigenvalue weighted by Gasteiger charge is -2.31. The molecule has 19 heavy (non-hydrogen) atoms. The van der Waals surface area contributed by atoms with E-state index in [0.29, 0.717) is 11.3 Å². The molecule has 6 heteroatoms. The number of amides is 2. The van der Waals surface area contributed by atoms with Crippen molar-refractivity contribution in [1.29, 1.82) is 0 Å². The molecule has 0 saturated carbocycles. The van der Waals surface area contributed by atoms with E-state index in [2.05, 4.69) is 4.74 Å². The number of nitrogens with zero attached hydrogens (tertiary/aromatic N) is 2. The molecule has 0 aromatic heterocycles. The maximum atomic E-state index is 11.9. The largest absolute Gasteiger partial charge is 0.465 e. The second kappa shape index (κ2) is 5.09. The zero-order valence-corrected chi connectivity index (χ0v) is 10.8. The highest BCUT2D eigenvalue weighted by atomic mass is 16.5. The Balaban J connectivity index is 2.29. The Labute approximate surface area is 110 Å². The predicted molar refractivity (Wildman–Crippen MR) is 67.8 cm³/mol. The standard InChI is InChI=1S/C13H14N2O4/c1-14-7-12(17)15(8-11(14)16)10-5-3-4-9(6-10)13(18)19-2/h3-6H,7-8H2,1-2H3. The summed E-state index contributed by atoms with van der Waals surface area (Å²) in [7, 11) is 2.88. The summed E-state index contributed by atoms with van der Waals surface area (Å²) >= 11 is 0. The number of rotatable bonds is 2. The SMILES string of the molecule is COC(=O)c1cccc(N2CC(=O)N(C)CC2=O)c1. The molecule has 1 aromatic carbocycles. The van der Waals surface area contributed by atoms with Crippen molar-refractivity contribution in [3.63, 3.8) is 0 Å². The number of methoxy groups -OCH3 is 1. The number of carbonyl (C=O) groups is 3. The van der Waals surface area contributed by atoms with Crippen molar-refractivity contribution in [3.8, 4) is 0 Å². The van der Waals surface area contributed by atoms with Crippen LogP contribution in [0.3, 0.4) is 0 Å². The van der Waals surface area contributed by atoms with Gasteiger partial charge in [0.1, 0.15) is 6.54 Å². The van der Waals surface area contributed by atoms with E-state index in [1.165, 1.54) is 16.9 Å². The van der Waals surface area contributed by atoms with Crippen molar-refractivity contribution >= 4 is 23.5 Å². The van der Waals surface area contributed by atoms with Gasteiger partial charge in [-0.15, -0.1) is 0 Å². The molecule has 2 amide bonds. The Kier molecular flexibility index (Phi) is 3.50. The monoisotopic (exact) mass is 262 g/mol. The van der Waals surface area contributed by atoms with Crippen LogP contribution in [0.5, 0.6) is 0 Å². The molecule has 1 fully saturated rings. The number of benzene rings is 1. The summed E-state index contributed by atoms with van der Waals surface area (Å²) in [6.45, 7) is 0.0290. The van der Waals surface area contributed by atoms with Crippen LogP contribution in [-0.2, 0) is 14.3 Å². The quantitative estimate of drug-likeness (QED) is 0.718. The Morgan fingerprint density at radius 3 is 2.63 bits per heavy atom. The molecular formula is C13H14N2O4. The van der Waals surface area contributed by atoms with Gasteiger partial charge in [-0.3, -0.25) is 9.59 Å². The Hall–Kier alpha value is -2.37. The zero-order chi connectivity index (χ0) is 14.0. The average molecular weight is 262 g/mol. The van der Waals surface area contributed by atoms with E-state index < -0.39 is 5.97 Å². The number of hydrogen-bond acceptors (Lipinski definition) is 4. The summed E-state index contributed by atoms with van der Waals surface area (Å²) in [4.78, 5) is 37.7. The Morgan fingerprint density at radius 2 is 1.95 bits per heavy atom. The molecule has 0 aliphatic carbocycles. The van der Waals surface area contributed by atoms with E-state index >= 15 is 0 Å². The first-order chi connectivity index (χ1) is 9.02. The van der Waals surface area contributed by atoms with Gasteiger partial charge in [0.2, 0.25) is 11.8 Å². The number of esters is 1. The van der Waals surface area contributed by atoms with Crippen LogP contribution in [0.15, 0.2) is 24.3 Å². The van der Waals surface area contributed by atoms with E-state index in [-0.39, 0.29) is 24.9 Å². The number of anilines is 1. The third kappa shape index (κ3) is 2.57. The molecule has 6 nitrogen and oxygen atoms in total. The van der Waals surface area contributed by atoms with E-state index in [1.807, 2.05) is 0 Å². The summed E-state index contributed by atoms with van der Waals surface area (Å²) in [5.41, 5.74) is 0.869. The van der Waals surface area contributed by atoms with Crippen molar-refractivity contribution < 1.29 is 19.1 Å². The van der Waals surface area contributed by atoms with Crippen LogP contribution in [0.4, 0.5) is 5.69 Å². The topological polar surface area (TPSA) is 66.9 Å². The summed E-state index contributed by atoms with van der Waals surface area (Å²) in [6, 6.07) is 6.47. The van der Waals surface area contributed by atoms with Gasteiger partial charge in [0, 0.05) is 12.7 Å². The highest BCUT2D eigenvalue weighted by molar-refractivity contribution is 6.05. The lowest BCUT2D eigenvalue weighted by atomic mass is 10.1. The van der Waals surface area contributed by atoms with E-state index in [1.54, 1.807) is 31.3 Å². The van der Waals surface area contributed by atoms with Crippen molar-refractivity contribution in [2.45, 2.75) is 0 Å². The van der Waals surface area contributed by atoms with Gasteiger partial charge in [-0.25, -0.2) is 4.79 Å². The van der Waals surface area contributed by atoms with E-state index in [4.69, 9.17) is 0 Å². The lowest BCUT2D eigenvalue weighted by molar-refractivity contribution is -0.136. The Bertz CT molecular complexity index is 541. The second-order valence-corrected chi connectivity index (χ2v) is 4.27. The van der Waals surface area contributed by atoms with Crippen molar-refractivity contribution in [2.75, 3.05) is 32.1 Å². The van der Waals surface area contributed by atoms with Gasteiger partial charge in [0.05, 0.1) is 19.2 Å². The maximum Gasteiger partial charge on any atom is 0.337 e.